The van der Waals surface area contributed by atoms with Gasteiger partial charge < -0.3 is 4.57 Å². The van der Waals surface area contributed by atoms with E-state index in [0.717, 1.165) is 22.4 Å². The zero-order valence-electron chi connectivity index (χ0n) is 9.90. The van der Waals surface area contributed by atoms with Crippen molar-refractivity contribution in [2.24, 2.45) is 0 Å². The van der Waals surface area contributed by atoms with Gasteiger partial charge in [-0.1, -0.05) is 11.6 Å². The lowest BCUT2D eigenvalue weighted by Crippen LogP contribution is -2.02. The van der Waals surface area contributed by atoms with E-state index in [-0.39, 0.29) is 0 Å². The fourth-order valence-electron chi connectivity index (χ4n) is 1.94. The third-order valence-electron chi connectivity index (χ3n) is 3.08. The monoisotopic (exact) mass is 326 g/mol. The van der Waals surface area contributed by atoms with Gasteiger partial charge in [-0.3, -0.25) is 0 Å². The summed E-state index contributed by atoms with van der Waals surface area (Å²) in [6, 6.07) is 0. The quantitative estimate of drug-likeness (QED) is 0.808. The van der Waals surface area contributed by atoms with Crippen LogP contribution in [0.5, 0.6) is 0 Å². The Hall–Kier alpha value is -0.940. The molecule has 0 spiro atoms. The van der Waals surface area contributed by atoms with Gasteiger partial charge in [0.1, 0.15) is 10.8 Å². The molecule has 0 aromatic carbocycles. The molecular weight excluding hydrogens is 316 g/mol. The Kier molecular flexibility index (Phi) is 3.11. The van der Waals surface area contributed by atoms with Crippen molar-refractivity contribution in [2.45, 2.75) is 32.2 Å². The van der Waals surface area contributed by atoms with E-state index in [1.54, 1.807) is 12.5 Å². The summed E-state index contributed by atoms with van der Waals surface area (Å²) in [5.74, 6) is 1.18. The first-order valence-electron chi connectivity index (χ1n) is 5.94. The van der Waals surface area contributed by atoms with Crippen LogP contribution in [0, 0.1) is 0 Å². The summed E-state index contributed by atoms with van der Waals surface area (Å²) in [6.45, 7) is 2.90. The van der Waals surface area contributed by atoms with E-state index < -0.39 is 0 Å². The second-order valence-electron chi connectivity index (χ2n) is 4.38. The molecule has 94 valence electrons. The third kappa shape index (κ3) is 2.06. The molecule has 0 aliphatic heterocycles. The van der Waals surface area contributed by atoms with Crippen molar-refractivity contribution < 1.29 is 0 Å². The Morgan fingerprint density at radius 3 is 2.89 bits per heavy atom. The topological polar surface area (TPSA) is 43.6 Å². The average Bonchev–Trinajstić information content (AvgIpc) is 3.09. The summed E-state index contributed by atoms with van der Waals surface area (Å²) < 4.78 is 2.84. The molecule has 0 atom stereocenters. The van der Waals surface area contributed by atoms with Crippen molar-refractivity contribution in [2.75, 3.05) is 0 Å². The summed E-state index contributed by atoms with van der Waals surface area (Å²) in [7, 11) is 0. The van der Waals surface area contributed by atoms with Crippen LogP contribution in [0.15, 0.2) is 17.0 Å². The molecule has 2 aromatic rings. The molecule has 0 unspecified atom stereocenters. The molecule has 6 heteroatoms. The Balaban J connectivity index is 2.12. The number of nitrogens with zero attached hydrogens (tertiary/aromatic N) is 4. The normalized spacial score (nSPS) is 15.1. The molecule has 2 aromatic heterocycles. The highest BCUT2D eigenvalue weighted by Crippen LogP contribution is 2.44. The zero-order chi connectivity index (χ0) is 12.7. The maximum Gasteiger partial charge on any atom is 0.179 e. The van der Waals surface area contributed by atoms with Crippen molar-refractivity contribution >= 4 is 27.5 Å². The molecule has 0 amide bonds. The molecule has 1 saturated carbocycles. The second-order valence-corrected chi connectivity index (χ2v) is 5.53. The van der Waals surface area contributed by atoms with Gasteiger partial charge in [0, 0.05) is 12.5 Å². The van der Waals surface area contributed by atoms with Crippen molar-refractivity contribution in [1.29, 1.82) is 0 Å². The summed E-state index contributed by atoms with van der Waals surface area (Å²) in [6.07, 6.45) is 5.92. The van der Waals surface area contributed by atoms with Crippen LogP contribution in [-0.2, 0) is 6.54 Å². The highest BCUT2D eigenvalue weighted by atomic mass is 79.9. The van der Waals surface area contributed by atoms with Crippen molar-refractivity contribution in [3.63, 3.8) is 0 Å². The fourth-order valence-corrected chi connectivity index (χ4v) is 2.61. The Morgan fingerprint density at radius 2 is 2.22 bits per heavy atom. The Bertz CT molecular complexity index is 592. The van der Waals surface area contributed by atoms with E-state index in [4.69, 9.17) is 11.6 Å². The standard InChI is InChI=1S/C12H12BrClN4/c1-2-18-6-15-5-8(18)12-16-10(7-3-4-7)9(13)11(14)17-12/h5-7H,2-4H2,1H3. The molecule has 0 saturated heterocycles. The molecule has 4 nitrogen and oxygen atoms in total. The van der Waals surface area contributed by atoms with Crippen LogP contribution < -0.4 is 0 Å². The van der Waals surface area contributed by atoms with Gasteiger partial charge in [-0.15, -0.1) is 0 Å². The van der Waals surface area contributed by atoms with Crippen LogP contribution in [0.3, 0.4) is 0 Å². The average molecular weight is 328 g/mol. The molecule has 1 fully saturated rings. The van der Waals surface area contributed by atoms with Crippen LogP contribution in [0.2, 0.25) is 5.15 Å². The molecule has 1 aliphatic carbocycles. The number of hydrogen-bond donors (Lipinski definition) is 0. The molecule has 3 rings (SSSR count). The first kappa shape index (κ1) is 12.1. The fraction of sp³-hybridized carbons (Fsp3) is 0.417. The van der Waals surface area contributed by atoms with E-state index in [9.17, 15) is 0 Å². The van der Waals surface area contributed by atoms with Gasteiger partial charge in [-0.25, -0.2) is 15.0 Å². The van der Waals surface area contributed by atoms with Crippen molar-refractivity contribution in [3.8, 4) is 11.5 Å². The van der Waals surface area contributed by atoms with Crippen molar-refractivity contribution in [1.82, 2.24) is 19.5 Å². The third-order valence-corrected chi connectivity index (χ3v) is 4.37. The van der Waals surface area contributed by atoms with Gasteiger partial charge in [0.25, 0.3) is 0 Å². The zero-order valence-corrected chi connectivity index (χ0v) is 12.2. The first-order chi connectivity index (χ1) is 8.70. The predicted molar refractivity (Wildman–Crippen MR) is 73.6 cm³/mol. The van der Waals surface area contributed by atoms with Gasteiger partial charge in [0.05, 0.1) is 22.7 Å². The van der Waals surface area contributed by atoms with E-state index >= 15 is 0 Å². The highest BCUT2D eigenvalue weighted by molar-refractivity contribution is 9.10. The van der Waals surface area contributed by atoms with Gasteiger partial charge in [-0.05, 0) is 35.7 Å². The maximum atomic E-state index is 6.18. The van der Waals surface area contributed by atoms with E-state index in [1.165, 1.54) is 12.8 Å². The summed E-state index contributed by atoms with van der Waals surface area (Å²) in [5, 5.41) is 0.478. The molecule has 0 radical (unpaired) electrons. The Labute approximate surface area is 119 Å². The lowest BCUT2D eigenvalue weighted by Gasteiger charge is -2.08. The number of aryl methyl sites for hydroxylation is 1. The number of rotatable bonds is 3. The number of hydrogen-bond acceptors (Lipinski definition) is 3. The highest BCUT2D eigenvalue weighted by Gasteiger charge is 2.29. The smallest absolute Gasteiger partial charge is 0.179 e. The van der Waals surface area contributed by atoms with Gasteiger partial charge in [0.15, 0.2) is 5.82 Å². The summed E-state index contributed by atoms with van der Waals surface area (Å²) >= 11 is 9.65. The minimum atomic E-state index is 0.478. The number of halogens is 2. The molecule has 18 heavy (non-hydrogen) atoms. The van der Waals surface area contributed by atoms with Crippen LogP contribution in [0.1, 0.15) is 31.4 Å². The van der Waals surface area contributed by atoms with E-state index in [0.29, 0.717) is 16.9 Å². The number of imidazole rings is 1. The maximum absolute atomic E-state index is 6.18. The van der Waals surface area contributed by atoms with Gasteiger partial charge in [0.2, 0.25) is 0 Å². The molecule has 1 aliphatic rings. The predicted octanol–water partition coefficient (Wildman–Crippen LogP) is 3.65. The van der Waals surface area contributed by atoms with Crippen LogP contribution in [0.25, 0.3) is 11.5 Å². The lowest BCUT2D eigenvalue weighted by molar-refractivity contribution is 0.762. The largest absolute Gasteiger partial charge is 0.328 e. The second kappa shape index (κ2) is 4.63. The molecule has 0 N–H and O–H groups in total. The van der Waals surface area contributed by atoms with Crippen molar-refractivity contribution in [3.05, 3.63) is 27.8 Å². The Morgan fingerprint density at radius 1 is 1.44 bits per heavy atom. The van der Waals surface area contributed by atoms with E-state index in [1.807, 2.05) is 4.57 Å². The van der Waals surface area contributed by atoms with Gasteiger partial charge in [-0.2, -0.15) is 0 Å². The molecule has 2 heterocycles. The van der Waals surface area contributed by atoms with E-state index in [2.05, 4.69) is 37.8 Å². The minimum Gasteiger partial charge on any atom is -0.328 e. The number of aromatic nitrogens is 4. The summed E-state index contributed by atoms with van der Waals surface area (Å²) in [4.78, 5) is 13.1. The van der Waals surface area contributed by atoms with Gasteiger partial charge >= 0.3 is 0 Å². The van der Waals surface area contributed by atoms with Crippen LogP contribution >= 0.6 is 27.5 Å². The van der Waals surface area contributed by atoms with Crippen LogP contribution in [0.4, 0.5) is 0 Å². The minimum absolute atomic E-state index is 0.478. The SMILES string of the molecule is CCn1cncc1-c1nc(Cl)c(Br)c(C2CC2)n1. The molecule has 0 bridgehead atoms. The molecular formula is C12H12BrClN4. The first-order valence-corrected chi connectivity index (χ1v) is 7.11. The summed E-state index contributed by atoms with van der Waals surface area (Å²) in [5.41, 5.74) is 1.93. The van der Waals surface area contributed by atoms with Crippen LogP contribution in [-0.4, -0.2) is 19.5 Å². The lowest BCUT2D eigenvalue weighted by atomic mass is 10.2.